The van der Waals surface area contributed by atoms with E-state index in [1.165, 1.54) is 6.07 Å². The number of aliphatic hydroxyl groups excluding tert-OH is 1. The number of carbonyl (C=O) groups is 1. The van der Waals surface area contributed by atoms with E-state index in [0.29, 0.717) is 45.3 Å². The van der Waals surface area contributed by atoms with E-state index in [2.05, 4.69) is 10.0 Å². The Kier molecular flexibility index (Phi) is 7.80. The first-order valence-corrected chi connectivity index (χ1v) is 12.9. The number of halogens is 1. The van der Waals surface area contributed by atoms with Gasteiger partial charge in [-0.3, -0.25) is 4.79 Å². The molecule has 2 atom stereocenters. The maximum Gasteiger partial charge on any atom is 0.240 e. The number of hydrogen-bond acceptors (Lipinski definition) is 6. The van der Waals surface area contributed by atoms with Crippen molar-refractivity contribution in [3.8, 4) is 5.75 Å². The summed E-state index contributed by atoms with van der Waals surface area (Å²) in [7, 11) is -3.52. The van der Waals surface area contributed by atoms with E-state index in [9.17, 15) is 22.7 Å². The van der Waals surface area contributed by atoms with Crippen molar-refractivity contribution < 1.29 is 27.4 Å². The molecule has 1 amide bonds. The minimum Gasteiger partial charge on any atom is -0.490 e. The van der Waals surface area contributed by atoms with Gasteiger partial charge in [0.05, 0.1) is 23.9 Å². The molecule has 0 radical (unpaired) electrons. The molecule has 1 aliphatic carbocycles. The third-order valence-corrected chi connectivity index (χ3v) is 7.48. The molecular formula is C22H34FN3O5S. The van der Waals surface area contributed by atoms with Gasteiger partial charge in [0.2, 0.25) is 15.9 Å². The van der Waals surface area contributed by atoms with Crippen LogP contribution in [-0.4, -0.2) is 55.6 Å². The Morgan fingerprint density at radius 3 is 2.62 bits per heavy atom. The average Bonchev–Trinajstić information content (AvgIpc) is 3.43. The van der Waals surface area contributed by atoms with E-state index < -0.39 is 33.8 Å². The Morgan fingerprint density at radius 1 is 1.31 bits per heavy atom. The predicted molar refractivity (Wildman–Crippen MR) is 119 cm³/mol. The highest BCUT2D eigenvalue weighted by molar-refractivity contribution is 7.89. The molecule has 10 heteroatoms. The van der Waals surface area contributed by atoms with Crippen LogP contribution < -0.4 is 14.8 Å². The molecular weight excluding hydrogens is 437 g/mol. The second kappa shape index (κ2) is 10.0. The highest BCUT2D eigenvalue weighted by atomic mass is 32.2. The fraction of sp³-hybridized carbons (Fsp3) is 0.682. The zero-order valence-electron chi connectivity index (χ0n) is 18.9. The van der Waals surface area contributed by atoms with Gasteiger partial charge in [-0.15, -0.1) is 0 Å². The van der Waals surface area contributed by atoms with Gasteiger partial charge < -0.3 is 15.2 Å². The van der Waals surface area contributed by atoms with Crippen molar-refractivity contribution >= 4 is 15.9 Å². The van der Waals surface area contributed by atoms with Crippen molar-refractivity contribution in [1.82, 2.24) is 14.9 Å². The highest BCUT2D eigenvalue weighted by Crippen LogP contribution is 2.47. The van der Waals surface area contributed by atoms with E-state index >= 15 is 0 Å². The molecule has 1 saturated carbocycles. The van der Waals surface area contributed by atoms with Crippen molar-refractivity contribution in [3.05, 3.63) is 29.6 Å². The summed E-state index contributed by atoms with van der Waals surface area (Å²) in [6.45, 7) is 6.57. The summed E-state index contributed by atoms with van der Waals surface area (Å²) in [6.07, 6.45) is 2.13. The van der Waals surface area contributed by atoms with E-state index in [-0.39, 0.29) is 23.3 Å². The summed E-state index contributed by atoms with van der Waals surface area (Å²) < 4.78 is 47.8. The van der Waals surface area contributed by atoms with Gasteiger partial charge in [0.15, 0.2) is 17.9 Å². The first-order chi connectivity index (χ1) is 15.0. The monoisotopic (exact) mass is 471 g/mol. The second-order valence-corrected chi connectivity index (χ2v) is 11.1. The lowest BCUT2D eigenvalue weighted by atomic mass is 10.1. The molecule has 2 aliphatic rings. The number of nitrogens with one attached hydrogen (secondary N) is 2. The number of aliphatic hydroxyl groups is 1. The minimum absolute atomic E-state index is 0.0120. The van der Waals surface area contributed by atoms with Crippen LogP contribution >= 0.6 is 0 Å². The quantitative estimate of drug-likeness (QED) is 0.403. The van der Waals surface area contributed by atoms with Gasteiger partial charge in [-0.1, -0.05) is 26.3 Å². The van der Waals surface area contributed by atoms with Crippen LogP contribution in [-0.2, 0) is 20.4 Å². The molecule has 1 aromatic carbocycles. The third kappa shape index (κ3) is 6.18. The fourth-order valence-electron chi connectivity index (χ4n) is 3.86. The van der Waals surface area contributed by atoms with Crippen LogP contribution in [0.15, 0.2) is 18.2 Å². The lowest BCUT2D eigenvalue weighted by Gasteiger charge is -2.22. The molecule has 180 valence electrons. The van der Waals surface area contributed by atoms with Gasteiger partial charge in [-0.25, -0.2) is 22.4 Å². The number of amides is 1. The predicted octanol–water partition coefficient (Wildman–Crippen LogP) is 2.04. The largest absolute Gasteiger partial charge is 0.490 e. The number of carbonyl (C=O) groups excluding carboxylic acids is 1. The normalized spacial score (nSPS) is 22.9. The molecule has 1 saturated heterocycles. The summed E-state index contributed by atoms with van der Waals surface area (Å²) >= 11 is 0. The Hall–Kier alpha value is -1.75. The number of unbranched alkanes of at least 4 members (excludes halogenated alkanes) is 2. The van der Waals surface area contributed by atoms with Gasteiger partial charge in [0.1, 0.15) is 0 Å². The van der Waals surface area contributed by atoms with Gasteiger partial charge in [0.25, 0.3) is 0 Å². The lowest BCUT2D eigenvalue weighted by molar-refractivity contribution is -0.121. The van der Waals surface area contributed by atoms with Crippen molar-refractivity contribution in [2.24, 2.45) is 5.92 Å². The molecule has 3 N–H and O–H groups in total. The van der Waals surface area contributed by atoms with E-state index in [1.54, 1.807) is 24.0 Å². The molecule has 0 spiro atoms. The van der Waals surface area contributed by atoms with Crippen LogP contribution in [0.1, 0.15) is 58.4 Å². The Labute approximate surface area is 189 Å². The first-order valence-electron chi connectivity index (χ1n) is 11.2. The fourth-order valence-corrected chi connectivity index (χ4v) is 5.47. The van der Waals surface area contributed by atoms with Gasteiger partial charge in [0, 0.05) is 6.54 Å². The smallest absolute Gasteiger partial charge is 0.240 e. The molecule has 0 bridgehead atoms. The number of benzene rings is 1. The summed E-state index contributed by atoms with van der Waals surface area (Å²) in [6, 6.07) is 4.15. The summed E-state index contributed by atoms with van der Waals surface area (Å²) in [5.41, 5.74) is 0.0271. The van der Waals surface area contributed by atoms with Crippen LogP contribution in [0.2, 0.25) is 0 Å². The van der Waals surface area contributed by atoms with E-state index in [1.807, 2.05) is 13.8 Å². The number of hydrogen-bond donors (Lipinski definition) is 3. The zero-order valence-corrected chi connectivity index (χ0v) is 19.8. The first kappa shape index (κ1) is 24.9. The maximum atomic E-state index is 14.1. The molecule has 1 aromatic rings. The van der Waals surface area contributed by atoms with Gasteiger partial charge >= 0.3 is 0 Å². The lowest BCUT2D eigenvalue weighted by Crippen LogP contribution is -2.38. The SMILES string of the molecule is CC(C)COc1cc(C2(NS(=O)(=O)CCCCCN3C(O)NC(=O)[C@H]3C)CC2)ccc1F. The number of rotatable bonds is 12. The van der Waals surface area contributed by atoms with Crippen molar-refractivity contribution in [2.75, 3.05) is 18.9 Å². The van der Waals surface area contributed by atoms with Crippen LogP contribution in [0.5, 0.6) is 5.75 Å². The molecule has 2 fully saturated rings. The van der Waals surface area contributed by atoms with Crippen molar-refractivity contribution in [2.45, 2.75) is 70.8 Å². The van der Waals surface area contributed by atoms with Crippen LogP contribution in [0.3, 0.4) is 0 Å². The van der Waals surface area contributed by atoms with Crippen molar-refractivity contribution in [3.63, 3.8) is 0 Å². The standard InChI is InChI=1S/C22H34FN3O5S/c1-15(2)14-31-19-13-17(7-8-18(19)23)22(9-10-22)25-32(29,30)12-6-4-5-11-26-16(3)20(27)24-21(26)28/h7-8,13,15-16,21,25,28H,4-6,9-12,14H2,1-3H3,(H,24,27)/t16-,21?/m1/s1. The topological polar surface area (TPSA) is 108 Å². The van der Waals surface area contributed by atoms with Crippen molar-refractivity contribution in [1.29, 1.82) is 0 Å². The molecule has 32 heavy (non-hydrogen) atoms. The Morgan fingerprint density at radius 2 is 2.03 bits per heavy atom. The Balaban J connectivity index is 1.49. The minimum atomic E-state index is -3.52. The average molecular weight is 472 g/mol. The van der Waals surface area contributed by atoms with Crippen LogP contribution in [0.4, 0.5) is 4.39 Å². The number of ether oxygens (including phenoxy) is 1. The summed E-state index contributed by atoms with van der Waals surface area (Å²) in [5, 5.41) is 12.3. The maximum absolute atomic E-state index is 14.1. The summed E-state index contributed by atoms with van der Waals surface area (Å²) in [5.74, 6) is -0.282. The summed E-state index contributed by atoms with van der Waals surface area (Å²) in [4.78, 5) is 13.2. The molecule has 1 heterocycles. The molecule has 1 aliphatic heterocycles. The molecule has 0 aromatic heterocycles. The second-order valence-electron chi connectivity index (χ2n) is 9.21. The third-order valence-electron chi connectivity index (χ3n) is 5.95. The molecule has 1 unspecified atom stereocenters. The molecule has 3 rings (SSSR count). The Bertz CT molecular complexity index is 920. The van der Waals surface area contributed by atoms with Crippen LogP contribution in [0.25, 0.3) is 0 Å². The molecule has 8 nitrogen and oxygen atoms in total. The number of sulfonamides is 1. The highest BCUT2D eigenvalue weighted by Gasteiger charge is 2.47. The van der Waals surface area contributed by atoms with E-state index in [4.69, 9.17) is 4.74 Å². The van der Waals surface area contributed by atoms with Crippen LogP contribution in [0, 0.1) is 11.7 Å². The zero-order chi connectivity index (χ0) is 23.5. The van der Waals surface area contributed by atoms with Gasteiger partial charge in [-0.05, 0) is 56.2 Å². The van der Waals surface area contributed by atoms with E-state index in [0.717, 1.165) is 5.56 Å². The number of nitrogens with zero attached hydrogens (tertiary/aromatic N) is 1. The van der Waals surface area contributed by atoms with Gasteiger partial charge in [-0.2, -0.15) is 0 Å².